The summed E-state index contributed by atoms with van der Waals surface area (Å²) in [6, 6.07) is 0. The van der Waals surface area contributed by atoms with Gasteiger partial charge in [-0.05, 0) is 6.92 Å². The molecule has 2 heterocycles. The molecule has 26 heavy (non-hydrogen) atoms. The Labute approximate surface area is 155 Å². The third-order valence-corrected chi connectivity index (χ3v) is 4.75. The van der Waals surface area contributed by atoms with Crippen molar-refractivity contribution in [1.29, 1.82) is 0 Å². The van der Waals surface area contributed by atoms with Crippen molar-refractivity contribution in [3.8, 4) is 0 Å². The minimum absolute atomic E-state index is 0.0175. The van der Waals surface area contributed by atoms with Crippen LogP contribution in [0.25, 0.3) is 0 Å². The molecule has 2 aromatic rings. The fraction of sp³-hybridized carbons (Fsp3) is 0.533. The van der Waals surface area contributed by atoms with Crippen molar-refractivity contribution in [2.45, 2.75) is 26.1 Å². The van der Waals surface area contributed by atoms with Gasteiger partial charge >= 0.3 is 5.69 Å². The lowest BCUT2D eigenvalue weighted by Gasteiger charge is -2.21. The smallest absolute Gasteiger partial charge is 0.306 e. The number of nitrogens with one attached hydrogen (secondary N) is 1. The number of nitro groups is 1. The van der Waals surface area contributed by atoms with Crippen LogP contribution in [-0.4, -0.2) is 58.3 Å². The third kappa shape index (κ3) is 5.23. The predicted molar refractivity (Wildman–Crippen MR) is 99.2 cm³/mol. The van der Waals surface area contributed by atoms with Crippen LogP contribution in [0.4, 0.5) is 5.69 Å². The SMILES string of the molecule is CN=C(NCCn1cc([N+](=O)[O-])cn1)N(C)Cc1csc(C(C)OC)n1. The van der Waals surface area contributed by atoms with E-state index in [9.17, 15) is 10.1 Å². The lowest BCUT2D eigenvalue weighted by molar-refractivity contribution is -0.385. The van der Waals surface area contributed by atoms with E-state index >= 15 is 0 Å². The zero-order valence-electron chi connectivity index (χ0n) is 15.2. The van der Waals surface area contributed by atoms with E-state index in [1.165, 1.54) is 17.1 Å². The number of ether oxygens (including phenoxy) is 1. The summed E-state index contributed by atoms with van der Waals surface area (Å²) in [6.45, 7) is 3.61. The Morgan fingerprint density at radius 1 is 1.62 bits per heavy atom. The van der Waals surface area contributed by atoms with Crippen LogP contribution in [0.5, 0.6) is 0 Å². The van der Waals surface area contributed by atoms with Crippen molar-refractivity contribution in [2.75, 3.05) is 27.7 Å². The second-order valence-electron chi connectivity index (χ2n) is 5.60. The number of rotatable bonds is 8. The second kappa shape index (κ2) is 9.25. The largest absolute Gasteiger partial charge is 0.375 e. The average molecular weight is 381 g/mol. The zero-order chi connectivity index (χ0) is 19.1. The highest BCUT2D eigenvalue weighted by molar-refractivity contribution is 7.09. The Bertz CT molecular complexity index is 758. The molecule has 0 spiro atoms. The quantitative estimate of drug-likeness (QED) is 0.320. The van der Waals surface area contributed by atoms with Crippen LogP contribution in [-0.2, 0) is 17.8 Å². The van der Waals surface area contributed by atoms with Gasteiger partial charge in [-0.1, -0.05) is 0 Å². The molecule has 142 valence electrons. The van der Waals surface area contributed by atoms with Gasteiger partial charge in [0.25, 0.3) is 0 Å². The number of aliphatic imine (C=N–C) groups is 1. The highest BCUT2D eigenvalue weighted by Crippen LogP contribution is 2.20. The molecule has 0 saturated heterocycles. The molecule has 0 amide bonds. The molecule has 2 rings (SSSR count). The fourth-order valence-corrected chi connectivity index (χ4v) is 3.08. The van der Waals surface area contributed by atoms with Crippen molar-refractivity contribution in [3.63, 3.8) is 0 Å². The van der Waals surface area contributed by atoms with Gasteiger partial charge in [0.05, 0.1) is 23.7 Å². The maximum atomic E-state index is 10.7. The monoisotopic (exact) mass is 381 g/mol. The highest BCUT2D eigenvalue weighted by atomic mass is 32.1. The number of nitrogens with zero attached hydrogens (tertiary/aromatic N) is 6. The number of thiazole rings is 1. The van der Waals surface area contributed by atoms with Crippen LogP contribution in [0.2, 0.25) is 0 Å². The van der Waals surface area contributed by atoms with Gasteiger partial charge in [-0.15, -0.1) is 11.3 Å². The van der Waals surface area contributed by atoms with Crippen LogP contribution in [0.15, 0.2) is 22.8 Å². The van der Waals surface area contributed by atoms with Crippen LogP contribution in [0.1, 0.15) is 23.7 Å². The van der Waals surface area contributed by atoms with Gasteiger partial charge in [0.2, 0.25) is 0 Å². The fourth-order valence-electron chi connectivity index (χ4n) is 2.24. The number of guanidine groups is 1. The van der Waals surface area contributed by atoms with Gasteiger partial charge in [-0.25, -0.2) is 4.98 Å². The zero-order valence-corrected chi connectivity index (χ0v) is 16.1. The van der Waals surface area contributed by atoms with Crippen molar-refractivity contribution in [3.05, 3.63) is 38.6 Å². The summed E-state index contributed by atoms with van der Waals surface area (Å²) >= 11 is 1.57. The van der Waals surface area contributed by atoms with Crippen LogP contribution < -0.4 is 5.32 Å². The van der Waals surface area contributed by atoms with Crippen LogP contribution in [0, 0.1) is 10.1 Å². The highest BCUT2D eigenvalue weighted by Gasteiger charge is 2.13. The van der Waals surface area contributed by atoms with Gasteiger partial charge in [-0.3, -0.25) is 19.8 Å². The molecule has 0 aliphatic heterocycles. The molecular formula is C15H23N7O3S. The summed E-state index contributed by atoms with van der Waals surface area (Å²) in [5, 5.41) is 20.8. The summed E-state index contributed by atoms with van der Waals surface area (Å²) < 4.78 is 6.81. The van der Waals surface area contributed by atoms with Crippen LogP contribution >= 0.6 is 11.3 Å². The van der Waals surface area contributed by atoms with E-state index in [0.29, 0.717) is 25.6 Å². The Hall–Kier alpha value is -2.53. The molecule has 1 N–H and O–H groups in total. The van der Waals surface area contributed by atoms with E-state index in [4.69, 9.17) is 4.74 Å². The van der Waals surface area contributed by atoms with Gasteiger partial charge in [0.1, 0.15) is 23.5 Å². The molecule has 0 saturated carbocycles. The van der Waals surface area contributed by atoms with Gasteiger partial charge in [-0.2, -0.15) is 5.10 Å². The molecule has 0 bridgehead atoms. The number of methoxy groups -OCH3 is 1. The molecule has 0 radical (unpaired) electrons. The van der Waals surface area contributed by atoms with Crippen molar-refractivity contribution < 1.29 is 9.66 Å². The number of aromatic nitrogens is 3. The predicted octanol–water partition coefficient (Wildman–Crippen LogP) is 1.66. The van der Waals surface area contributed by atoms with E-state index in [2.05, 4.69) is 20.4 Å². The normalized spacial score (nSPS) is 12.8. The average Bonchev–Trinajstić information content (AvgIpc) is 3.27. The van der Waals surface area contributed by atoms with Crippen LogP contribution in [0.3, 0.4) is 0 Å². The summed E-state index contributed by atoms with van der Waals surface area (Å²) in [5.41, 5.74) is 0.929. The van der Waals surface area contributed by atoms with E-state index in [0.717, 1.165) is 10.7 Å². The molecule has 0 fully saturated rings. The minimum Gasteiger partial charge on any atom is -0.375 e. The van der Waals surface area contributed by atoms with Crippen molar-refractivity contribution in [2.24, 2.45) is 4.99 Å². The number of hydrogen-bond donors (Lipinski definition) is 1. The Morgan fingerprint density at radius 2 is 2.38 bits per heavy atom. The van der Waals surface area contributed by atoms with E-state index in [1.807, 2.05) is 24.3 Å². The van der Waals surface area contributed by atoms with Gasteiger partial charge < -0.3 is 15.0 Å². The van der Waals surface area contributed by atoms with Crippen molar-refractivity contribution in [1.82, 2.24) is 25.0 Å². The second-order valence-corrected chi connectivity index (χ2v) is 6.49. The topological polar surface area (TPSA) is 111 Å². The molecule has 0 aromatic carbocycles. The maximum absolute atomic E-state index is 10.7. The first kappa shape index (κ1) is 19.8. The molecule has 0 aliphatic rings. The Balaban J connectivity index is 1.85. The molecule has 11 heteroatoms. The molecule has 10 nitrogen and oxygen atoms in total. The first-order valence-electron chi connectivity index (χ1n) is 8.00. The third-order valence-electron chi connectivity index (χ3n) is 3.70. The molecular weight excluding hydrogens is 358 g/mol. The molecule has 0 aliphatic carbocycles. The summed E-state index contributed by atoms with van der Waals surface area (Å²) in [6.07, 6.45) is 2.62. The van der Waals surface area contributed by atoms with E-state index in [1.54, 1.807) is 25.5 Å². The summed E-state index contributed by atoms with van der Waals surface area (Å²) in [7, 11) is 5.29. The van der Waals surface area contributed by atoms with E-state index in [-0.39, 0.29) is 11.8 Å². The maximum Gasteiger partial charge on any atom is 0.306 e. The Morgan fingerprint density at radius 3 is 3.00 bits per heavy atom. The minimum atomic E-state index is -0.462. The van der Waals surface area contributed by atoms with Crippen molar-refractivity contribution >= 4 is 23.0 Å². The molecule has 1 atom stereocenters. The first-order chi connectivity index (χ1) is 12.4. The lowest BCUT2D eigenvalue weighted by Crippen LogP contribution is -2.39. The standard InChI is InChI=1S/C15H23N7O3S/c1-11(25-4)14-19-12(10-26-14)8-20(3)15(16-2)17-5-6-21-9-13(7-18-21)22(23)24/h7,9-11H,5-6,8H2,1-4H3,(H,16,17). The van der Waals surface area contributed by atoms with Gasteiger partial charge in [0.15, 0.2) is 5.96 Å². The van der Waals surface area contributed by atoms with E-state index < -0.39 is 4.92 Å². The Kier molecular flexibility index (Phi) is 7.04. The summed E-state index contributed by atoms with van der Waals surface area (Å²) in [5.74, 6) is 0.709. The van der Waals surface area contributed by atoms with Gasteiger partial charge in [0, 0.05) is 33.1 Å². The number of hydrogen-bond acceptors (Lipinski definition) is 7. The first-order valence-corrected chi connectivity index (χ1v) is 8.88. The summed E-state index contributed by atoms with van der Waals surface area (Å²) in [4.78, 5) is 21.0. The molecule has 2 aromatic heterocycles. The lowest BCUT2D eigenvalue weighted by atomic mass is 10.4. The molecule has 1 unspecified atom stereocenters.